The molecule has 7 heteroatoms. The lowest BCUT2D eigenvalue weighted by atomic mass is 10.3. The van der Waals surface area contributed by atoms with Crippen LogP contribution in [0, 0.1) is 0 Å². The molecule has 90 valence electrons. The highest BCUT2D eigenvalue weighted by atomic mass is 35.5. The van der Waals surface area contributed by atoms with Gasteiger partial charge in [-0.05, 0) is 0 Å². The Kier molecular flexibility index (Phi) is 3.98. The third-order valence-electron chi connectivity index (χ3n) is 2.63. The lowest BCUT2D eigenvalue weighted by Gasteiger charge is -2.33. The third kappa shape index (κ3) is 2.63. The maximum atomic E-state index is 8.83. The number of hydrogen-bond donors (Lipinski definition) is 1. The van der Waals surface area contributed by atoms with E-state index in [1.807, 2.05) is 4.90 Å². The molecule has 1 aliphatic rings. The van der Waals surface area contributed by atoms with Crippen molar-refractivity contribution in [2.75, 3.05) is 44.2 Å². The van der Waals surface area contributed by atoms with E-state index >= 15 is 0 Å². The number of β-amino-alcohol motifs (C(OH)–C–C–N with tert-alkyl or cyclic N) is 1. The molecule has 6 nitrogen and oxygen atoms in total. The number of hydrogen-bond acceptors (Lipinski definition) is 6. The second-order valence-corrected chi connectivity index (χ2v) is 3.93. The van der Waals surface area contributed by atoms with Crippen LogP contribution < -0.4 is 4.90 Å². The van der Waals surface area contributed by atoms with Crippen molar-refractivity contribution in [2.45, 2.75) is 5.88 Å². The number of aliphatic hydroxyl groups excluding tert-OH is 1. The molecule has 0 atom stereocenters. The van der Waals surface area contributed by atoms with E-state index in [9.17, 15) is 0 Å². The van der Waals surface area contributed by atoms with E-state index in [0.29, 0.717) is 11.9 Å². The first kappa shape index (κ1) is 11.6. The highest BCUT2D eigenvalue weighted by Gasteiger charge is 2.20. The second kappa shape index (κ2) is 5.47. The fourth-order valence-corrected chi connectivity index (χ4v) is 1.84. The summed E-state index contributed by atoms with van der Waals surface area (Å²) in [6.45, 7) is 4.41. The third-order valence-corrected chi connectivity index (χ3v) is 2.86. The van der Waals surface area contributed by atoms with Crippen LogP contribution in [0.4, 0.5) is 6.01 Å². The van der Waals surface area contributed by atoms with E-state index in [0.717, 1.165) is 32.7 Å². The van der Waals surface area contributed by atoms with Gasteiger partial charge in [-0.15, -0.1) is 16.7 Å². The number of rotatable bonds is 4. The summed E-state index contributed by atoms with van der Waals surface area (Å²) >= 11 is 5.59. The van der Waals surface area contributed by atoms with Crippen molar-refractivity contribution in [3.63, 3.8) is 0 Å². The Hall–Kier alpha value is -0.850. The second-order valence-electron chi connectivity index (χ2n) is 3.66. The topological polar surface area (TPSA) is 65.6 Å². The van der Waals surface area contributed by atoms with Gasteiger partial charge in [0, 0.05) is 32.7 Å². The Morgan fingerprint density at radius 2 is 2.00 bits per heavy atom. The summed E-state index contributed by atoms with van der Waals surface area (Å²) < 4.78 is 5.37. The molecular formula is C9H15ClN4O2. The number of aliphatic hydroxyl groups is 1. The molecule has 0 spiro atoms. The molecule has 0 amide bonds. The zero-order valence-electron chi connectivity index (χ0n) is 8.97. The van der Waals surface area contributed by atoms with Gasteiger partial charge in [-0.1, -0.05) is 5.10 Å². The fourth-order valence-electron chi connectivity index (χ4n) is 1.73. The summed E-state index contributed by atoms with van der Waals surface area (Å²) in [6, 6.07) is 0.541. The van der Waals surface area contributed by atoms with E-state index in [-0.39, 0.29) is 12.5 Å². The van der Waals surface area contributed by atoms with Gasteiger partial charge >= 0.3 is 6.01 Å². The van der Waals surface area contributed by atoms with E-state index < -0.39 is 0 Å². The van der Waals surface area contributed by atoms with Gasteiger partial charge in [0.05, 0.1) is 6.61 Å². The number of halogens is 1. The van der Waals surface area contributed by atoms with Gasteiger partial charge in [-0.3, -0.25) is 4.90 Å². The first-order chi connectivity index (χ1) is 7.83. The number of alkyl halides is 1. The van der Waals surface area contributed by atoms with Gasteiger partial charge in [0.2, 0.25) is 5.89 Å². The predicted molar refractivity (Wildman–Crippen MR) is 59.6 cm³/mol. The summed E-state index contributed by atoms with van der Waals surface area (Å²) in [4.78, 5) is 4.24. The van der Waals surface area contributed by atoms with E-state index in [4.69, 9.17) is 21.1 Å². The highest BCUT2D eigenvalue weighted by molar-refractivity contribution is 6.16. The minimum Gasteiger partial charge on any atom is -0.407 e. The van der Waals surface area contributed by atoms with Gasteiger partial charge in [-0.25, -0.2) is 0 Å². The van der Waals surface area contributed by atoms with Crippen LogP contribution in [0.2, 0.25) is 0 Å². The molecule has 0 saturated carbocycles. The van der Waals surface area contributed by atoms with Crippen molar-refractivity contribution in [1.82, 2.24) is 15.1 Å². The lowest BCUT2D eigenvalue weighted by molar-refractivity contribution is 0.187. The van der Waals surface area contributed by atoms with E-state index in [1.54, 1.807) is 0 Å². The summed E-state index contributed by atoms with van der Waals surface area (Å²) in [5, 5.41) is 16.6. The first-order valence-corrected chi connectivity index (χ1v) is 5.83. The van der Waals surface area contributed by atoms with E-state index in [2.05, 4.69) is 15.1 Å². The molecule has 1 saturated heterocycles. The summed E-state index contributed by atoms with van der Waals surface area (Å²) in [5.41, 5.74) is 0. The Balaban J connectivity index is 1.88. The predicted octanol–water partition coefficient (Wildman–Crippen LogP) is -0.0773. The molecule has 2 heterocycles. The van der Waals surface area contributed by atoms with Crippen molar-refractivity contribution in [3.05, 3.63) is 5.89 Å². The van der Waals surface area contributed by atoms with Crippen LogP contribution in [0.5, 0.6) is 0 Å². The lowest BCUT2D eigenvalue weighted by Crippen LogP contribution is -2.47. The quantitative estimate of drug-likeness (QED) is 0.750. The molecule has 0 radical (unpaired) electrons. The van der Waals surface area contributed by atoms with Crippen molar-refractivity contribution in [3.8, 4) is 0 Å². The molecule has 0 aromatic carbocycles. The van der Waals surface area contributed by atoms with Crippen molar-refractivity contribution in [2.24, 2.45) is 0 Å². The number of piperazine rings is 1. The Bertz CT molecular complexity index is 325. The van der Waals surface area contributed by atoms with Gasteiger partial charge in [0.1, 0.15) is 5.88 Å². The Morgan fingerprint density at radius 3 is 2.56 bits per heavy atom. The number of aromatic nitrogens is 2. The Morgan fingerprint density at radius 1 is 1.25 bits per heavy atom. The zero-order valence-corrected chi connectivity index (χ0v) is 9.73. The van der Waals surface area contributed by atoms with Crippen molar-refractivity contribution in [1.29, 1.82) is 0 Å². The average Bonchev–Trinajstić information content (AvgIpc) is 2.79. The zero-order chi connectivity index (χ0) is 11.4. The molecule has 1 aromatic heterocycles. The number of nitrogens with zero attached hydrogens (tertiary/aromatic N) is 4. The molecular weight excluding hydrogens is 232 g/mol. The maximum absolute atomic E-state index is 8.83. The van der Waals surface area contributed by atoms with Crippen LogP contribution in [-0.4, -0.2) is 59.5 Å². The van der Waals surface area contributed by atoms with Crippen molar-refractivity contribution >= 4 is 17.6 Å². The maximum Gasteiger partial charge on any atom is 0.318 e. The van der Waals surface area contributed by atoms with Gasteiger partial charge in [-0.2, -0.15) is 0 Å². The summed E-state index contributed by atoms with van der Waals surface area (Å²) in [7, 11) is 0. The highest BCUT2D eigenvalue weighted by Crippen LogP contribution is 2.15. The van der Waals surface area contributed by atoms with Crippen LogP contribution in [0.1, 0.15) is 5.89 Å². The Labute approximate surface area is 98.8 Å². The minimum absolute atomic E-state index is 0.205. The van der Waals surface area contributed by atoms with Crippen LogP contribution in [0.3, 0.4) is 0 Å². The van der Waals surface area contributed by atoms with Crippen LogP contribution in [-0.2, 0) is 5.88 Å². The smallest absolute Gasteiger partial charge is 0.318 e. The van der Waals surface area contributed by atoms with Gasteiger partial charge in [0.15, 0.2) is 0 Å². The largest absolute Gasteiger partial charge is 0.407 e. The SMILES string of the molecule is OCCN1CCN(c2nnc(CCl)o2)CC1. The molecule has 1 aliphatic heterocycles. The van der Waals surface area contributed by atoms with Gasteiger partial charge in [0.25, 0.3) is 0 Å². The van der Waals surface area contributed by atoms with Crippen molar-refractivity contribution < 1.29 is 9.52 Å². The average molecular weight is 247 g/mol. The monoisotopic (exact) mass is 246 g/mol. The van der Waals surface area contributed by atoms with E-state index in [1.165, 1.54) is 0 Å². The molecule has 1 aromatic rings. The van der Waals surface area contributed by atoms with Crippen LogP contribution >= 0.6 is 11.6 Å². The molecule has 2 rings (SSSR count). The molecule has 0 bridgehead atoms. The first-order valence-electron chi connectivity index (χ1n) is 5.30. The molecule has 16 heavy (non-hydrogen) atoms. The number of anilines is 1. The van der Waals surface area contributed by atoms with Gasteiger partial charge < -0.3 is 14.4 Å². The minimum atomic E-state index is 0.205. The standard InChI is InChI=1S/C9H15ClN4O2/c10-7-8-11-12-9(16-8)14-3-1-13(2-4-14)5-6-15/h15H,1-7H2. The summed E-state index contributed by atoms with van der Waals surface area (Å²) in [6.07, 6.45) is 0. The molecule has 1 fully saturated rings. The van der Waals surface area contributed by atoms with Crippen LogP contribution in [0.25, 0.3) is 0 Å². The van der Waals surface area contributed by atoms with Crippen LogP contribution in [0.15, 0.2) is 4.42 Å². The molecule has 0 unspecified atom stereocenters. The molecule has 1 N–H and O–H groups in total. The molecule has 0 aliphatic carbocycles. The fraction of sp³-hybridized carbons (Fsp3) is 0.778. The summed E-state index contributed by atoms with van der Waals surface area (Å²) in [5.74, 6) is 0.701. The normalized spacial score (nSPS) is 18.0.